The first-order valence-electron chi connectivity index (χ1n) is 3.82. The molecule has 0 atom stereocenters. The molecule has 12 heavy (non-hydrogen) atoms. The molecular formula is C11H12O. The molecule has 0 aliphatic rings. The Morgan fingerprint density at radius 2 is 2.08 bits per heavy atom. The summed E-state index contributed by atoms with van der Waals surface area (Å²) in [7, 11) is 0. The zero-order valence-corrected chi connectivity index (χ0v) is 7.39. The predicted molar refractivity (Wildman–Crippen MR) is 51.2 cm³/mol. The van der Waals surface area contributed by atoms with Crippen LogP contribution in [0.4, 0.5) is 0 Å². The molecule has 0 saturated carbocycles. The van der Waals surface area contributed by atoms with Crippen LogP contribution in [0.3, 0.4) is 0 Å². The van der Waals surface area contributed by atoms with Gasteiger partial charge in [0.05, 0.1) is 0 Å². The smallest absolute Gasteiger partial charge is 0.122 e. The first-order chi connectivity index (χ1) is 5.66. The number of hydrogen-bond acceptors (Lipinski definition) is 1. The molecule has 1 rings (SSSR count). The van der Waals surface area contributed by atoms with E-state index in [0.717, 1.165) is 16.7 Å². The van der Waals surface area contributed by atoms with E-state index in [1.54, 1.807) is 6.08 Å². The molecule has 0 aromatic heterocycles. The molecule has 62 valence electrons. The monoisotopic (exact) mass is 160 g/mol. The molecule has 0 spiro atoms. The number of aromatic hydroxyl groups is 1. The number of phenols is 1. The quantitative estimate of drug-likeness (QED) is 0.626. The number of phenolic OH excluding ortho intramolecular Hbond substituents is 1. The maximum Gasteiger partial charge on any atom is 0.122 e. The van der Waals surface area contributed by atoms with Crippen molar-refractivity contribution in [3.63, 3.8) is 0 Å². The van der Waals surface area contributed by atoms with Gasteiger partial charge >= 0.3 is 0 Å². The normalized spacial score (nSPS) is 9.17. The summed E-state index contributed by atoms with van der Waals surface area (Å²) in [5.41, 5.74) is 5.43. The molecule has 1 heteroatoms. The molecular weight excluding hydrogens is 148 g/mol. The van der Waals surface area contributed by atoms with E-state index in [-0.39, 0.29) is 0 Å². The van der Waals surface area contributed by atoms with Gasteiger partial charge in [-0.05, 0) is 36.6 Å². The molecule has 0 aliphatic heterocycles. The maximum atomic E-state index is 9.55. The van der Waals surface area contributed by atoms with Crippen molar-refractivity contribution in [3.05, 3.63) is 41.1 Å². The Labute approximate surface area is 72.7 Å². The maximum absolute atomic E-state index is 9.55. The highest BCUT2D eigenvalue weighted by Crippen LogP contribution is 2.24. The van der Waals surface area contributed by atoms with Crippen LogP contribution < -0.4 is 0 Å². The second-order valence-electron chi connectivity index (χ2n) is 2.79. The van der Waals surface area contributed by atoms with Crippen LogP contribution in [0.25, 0.3) is 6.08 Å². The summed E-state index contributed by atoms with van der Waals surface area (Å²) in [5, 5.41) is 9.55. The van der Waals surface area contributed by atoms with Crippen LogP contribution in [0, 0.1) is 13.8 Å². The van der Waals surface area contributed by atoms with Crippen LogP contribution in [-0.2, 0) is 0 Å². The summed E-state index contributed by atoms with van der Waals surface area (Å²) >= 11 is 0. The lowest BCUT2D eigenvalue weighted by molar-refractivity contribution is 0.467. The fourth-order valence-electron chi connectivity index (χ4n) is 1.12. The van der Waals surface area contributed by atoms with Crippen molar-refractivity contribution in [1.82, 2.24) is 0 Å². The number of hydrogen-bond donors (Lipinski definition) is 1. The second kappa shape index (κ2) is 3.29. The third kappa shape index (κ3) is 1.41. The van der Waals surface area contributed by atoms with Crippen LogP contribution >= 0.6 is 0 Å². The van der Waals surface area contributed by atoms with Gasteiger partial charge in [0.1, 0.15) is 5.75 Å². The molecule has 0 radical (unpaired) electrons. The first kappa shape index (κ1) is 8.63. The second-order valence-corrected chi connectivity index (χ2v) is 2.79. The van der Waals surface area contributed by atoms with Crippen molar-refractivity contribution in [3.8, 4) is 5.75 Å². The standard InChI is InChI=1S/C11H12O/c1-4-5-10-7-6-8(2)11(12)9(10)3/h5-7,12H,1H2,2-3H3. The van der Waals surface area contributed by atoms with E-state index in [1.807, 2.05) is 26.0 Å². The van der Waals surface area contributed by atoms with Crippen molar-refractivity contribution in [2.75, 3.05) is 0 Å². The Bertz CT molecular complexity index is 344. The highest BCUT2D eigenvalue weighted by molar-refractivity contribution is 5.58. The van der Waals surface area contributed by atoms with Gasteiger partial charge in [0, 0.05) is 0 Å². The molecule has 0 heterocycles. The summed E-state index contributed by atoms with van der Waals surface area (Å²) in [6.45, 7) is 7.25. The molecule has 0 amide bonds. The van der Waals surface area contributed by atoms with Crippen LogP contribution in [0.5, 0.6) is 5.75 Å². The average molecular weight is 160 g/mol. The van der Waals surface area contributed by atoms with Crippen molar-refractivity contribution in [2.24, 2.45) is 0 Å². The van der Waals surface area contributed by atoms with E-state index in [0.29, 0.717) is 5.75 Å². The highest BCUT2D eigenvalue weighted by atomic mass is 16.3. The van der Waals surface area contributed by atoms with Gasteiger partial charge in [-0.15, -0.1) is 5.73 Å². The SMILES string of the molecule is C=C=Cc1ccc(C)c(O)c1C. The summed E-state index contributed by atoms with van der Waals surface area (Å²) in [6, 6.07) is 3.83. The van der Waals surface area contributed by atoms with Gasteiger partial charge in [0.15, 0.2) is 0 Å². The van der Waals surface area contributed by atoms with Gasteiger partial charge in [-0.3, -0.25) is 0 Å². The summed E-state index contributed by atoms with van der Waals surface area (Å²) in [6.07, 6.45) is 1.76. The summed E-state index contributed by atoms with van der Waals surface area (Å²) < 4.78 is 0. The lowest BCUT2D eigenvalue weighted by atomic mass is 10.0. The summed E-state index contributed by atoms with van der Waals surface area (Å²) in [5.74, 6) is 0.360. The van der Waals surface area contributed by atoms with Gasteiger partial charge in [-0.25, -0.2) is 0 Å². The fraction of sp³-hybridized carbons (Fsp3) is 0.182. The molecule has 0 bridgehead atoms. The third-order valence-electron chi connectivity index (χ3n) is 1.93. The molecule has 0 saturated heterocycles. The van der Waals surface area contributed by atoms with Gasteiger partial charge in [-0.1, -0.05) is 18.7 Å². The van der Waals surface area contributed by atoms with E-state index in [4.69, 9.17) is 0 Å². The van der Waals surface area contributed by atoms with E-state index in [9.17, 15) is 5.11 Å². The van der Waals surface area contributed by atoms with Crippen LogP contribution in [0.15, 0.2) is 24.4 Å². The van der Waals surface area contributed by atoms with Gasteiger partial charge in [-0.2, -0.15) is 0 Å². The summed E-state index contributed by atoms with van der Waals surface area (Å²) in [4.78, 5) is 0. The molecule has 1 aromatic rings. The Morgan fingerprint density at radius 1 is 1.42 bits per heavy atom. The Morgan fingerprint density at radius 3 is 2.67 bits per heavy atom. The number of aryl methyl sites for hydroxylation is 1. The Balaban J connectivity index is 3.35. The average Bonchev–Trinajstić information content (AvgIpc) is 2.07. The minimum atomic E-state index is 0.360. The van der Waals surface area contributed by atoms with Gasteiger partial charge in [0.25, 0.3) is 0 Å². The Hall–Kier alpha value is -1.46. The highest BCUT2D eigenvalue weighted by Gasteiger charge is 2.02. The van der Waals surface area contributed by atoms with Crippen LogP contribution in [-0.4, -0.2) is 5.11 Å². The minimum absolute atomic E-state index is 0.360. The van der Waals surface area contributed by atoms with E-state index < -0.39 is 0 Å². The zero-order valence-electron chi connectivity index (χ0n) is 7.39. The molecule has 1 N–H and O–H groups in total. The lowest BCUT2D eigenvalue weighted by Gasteiger charge is -2.04. The fourth-order valence-corrected chi connectivity index (χ4v) is 1.12. The van der Waals surface area contributed by atoms with Gasteiger partial charge < -0.3 is 5.11 Å². The number of rotatable bonds is 1. The van der Waals surface area contributed by atoms with Crippen molar-refractivity contribution < 1.29 is 5.11 Å². The van der Waals surface area contributed by atoms with Crippen molar-refractivity contribution in [1.29, 1.82) is 0 Å². The Kier molecular flexibility index (Phi) is 2.37. The predicted octanol–water partition coefficient (Wildman–Crippen LogP) is 2.81. The largest absolute Gasteiger partial charge is 0.507 e. The van der Waals surface area contributed by atoms with E-state index in [2.05, 4.69) is 12.3 Å². The molecule has 0 aliphatic carbocycles. The topological polar surface area (TPSA) is 20.2 Å². The molecule has 1 nitrogen and oxygen atoms in total. The van der Waals surface area contributed by atoms with E-state index in [1.165, 1.54) is 0 Å². The lowest BCUT2D eigenvalue weighted by Crippen LogP contribution is -1.84. The van der Waals surface area contributed by atoms with Crippen LogP contribution in [0.2, 0.25) is 0 Å². The molecule has 1 aromatic carbocycles. The van der Waals surface area contributed by atoms with E-state index >= 15 is 0 Å². The number of benzene rings is 1. The van der Waals surface area contributed by atoms with Gasteiger partial charge in [0.2, 0.25) is 0 Å². The van der Waals surface area contributed by atoms with Crippen molar-refractivity contribution >= 4 is 6.08 Å². The first-order valence-corrected chi connectivity index (χ1v) is 3.82. The van der Waals surface area contributed by atoms with Crippen LogP contribution in [0.1, 0.15) is 16.7 Å². The third-order valence-corrected chi connectivity index (χ3v) is 1.93. The minimum Gasteiger partial charge on any atom is -0.507 e. The zero-order chi connectivity index (χ0) is 9.14. The molecule has 0 unspecified atom stereocenters. The van der Waals surface area contributed by atoms with Crippen molar-refractivity contribution in [2.45, 2.75) is 13.8 Å². The molecule has 0 fully saturated rings.